The summed E-state index contributed by atoms with van der Waals surface area (Å²) in [5, 5.41) is 8.20. The molecule has 1 heterocycles. The average molecular weight is 463 g/mol. The molecule has 164 valence electrons. The van der Waals surface area contributed by atoms with Crippen molar-refractivity contribution in [3.63, 3.8) is 0 Å². The zero-order valence-electron chi connectivity index (χ0n) is 17.4. The van der Waals surface area contributed by atoms with Gasteiger partial charge < -0.3 is 19.1 Å². The summed E-state index contributed by atoms with van der Waals surface area (Å²) in [7, 11) is 4.91. The van der Waals surface area contributed by atoms with Crippen LogP contribution in [0.15, 0.2) is 47.6 Å². The second-order valence-corrected chi connectivity index (χ2v) is 7.82. The van der Waals surface area contributed by atoms with Crippen molar-refractivity contribution >= 4 is 29.3 Å². The summed E-state index contributed by atoms with van der Waals surface area (Å²) in [6, 6.07) is 12.5. The van der Waals surface area contributed by atoms with Gasteiger partial charge in [0.25, 0.3) is 0 Å². The Labute approximate surface area is 189 Å². The minimum Gasteiger partial charge on any atom is -0.497 e. The van der Waals surface area contributed by atoms with Crippen LogP contribution in [0.25, 0.3) is 11.4 Å². The van der Waals surface area contributed by atoms with Gasteiger partial charge in [-0.15, -0.1) is 5.10 Å². The monoisotopic (exact) mass is 462 g/mol. The quantitative estimate of drug-likeness (QED) is 0.458. The number of methoxy groups -OCH3 is 2. The molecule has 0 aliphatic heterocycles. The smallest absolute Gasteiger partial charge is 0.232 e. The van der Waals surface area contributed by atoms with E-state index in [2.05, 4.69) is 15.2 Å². The largest absolute Gasteiger partial charge is 0.497 e. The number of rotatable bonds is 10. The molecule has 1 N–H and O–H groups in total. The third-order valence-electron chi connectivity index (χ3n) is 4.39. The summed E-state index contributed by atoms with van der Waals surface area (Å²) >= 11 is 7.11. The molecule has 0 saturated carbocycles. The number of nitrogens with one attached hydrogen (secondary N) is 1. The number of thioether (sulfide) groups is 1. The van der Waals surface area contributed by atoms with Crippen molar-refractivity contribution in [1.82, 2.24) is 20.1 Å². The number of ether oxygens (including phenoxy) is 3. The first-order valence-electron chi connectivity index (χ1n) is 9.40. The van der Waals surface area contributed by atoms with Gasteiger partial charge in [0, 0.05) is 18.1 Å². The number of amides is 1. The van der Waals surface area contributed by atoms with Crippen molar-refractivity contribution in [2.75, 3.05) is 40.2 Å². The molecule has 0 radical (unpaired) electrons. The number of nitrogens with zero attached hydrogens (tertiary/aromatic N) is 3. The topological polar surface area (TPSA) is 89.6 Å². The van der Waals surface area contributed by atoms with Crippen LogP contribution in [0.2, 0.25) is 5.02 Å². The highest BCUT2D eigenvalue weighted by Gasteiger charge is 2.15. The summed E-state index contributed by atoms with van der Waals surface area (Å²) in [5.74, 6) is 2.74. The molecule has 0 spiro atoms. The Balaban J connectivity index is 1.49. The van der Waals surface area contributed by atoms with Crippen LogP contribution in [0.1, 0.15) is 0 Å². The molecule has 0 bridgehead atoms. The van der Waals surface area contributed by atoms with E-state index in [4.69, 9.17) is 25.8 Å². The Hall–Kier alpha value is -2.91. The minimum absolute atomic E-state index is 0.0434. The van der Waals surface area contributed by atoms with Crippen LogP contribution in [0.5, 0.6) is 17.2 Å². The molecule has 8 nitrogen and oxygen atoms in total. The maximum Gasteiger partial charge on any atom is 0.232 e. The summed E-state index contributed by atoms with van der Waals surface area (Å²) in [6.07, 6.45) is 0. The van der Waals surface area contributed by atoms with Crippen LogP contribution < -0.4 is 14.2 Å². The third-order valence-corrected chi connectivity index (χ3v) is 5.47. The van der Waals surface area contributed by atoms with Crippen LogP contribution in [0.4, 0.5) is 0 Å². The maximum absolute atomic E-state index is 12.4. The van der Waals surface area contributed by atoms with E-state index in [1.165, 1.54) is 11.8 Å². The second kappa shape index (κ2) is 10.9. The molecule has 0 aliphatic rings. The van der Waals surface area contributed by atoms with Gasteiger partial charge in [-0.25, -0.2) is 4.98 Å². The number of aromatic nitrogens is 3. The van der Waals surface area contributed by atoms with E-state index >= 15 is 0 Å². The Morgan fingerprint density at radius 3 is 2.58 bits per heavy atom. The van der Waals surface area contributed by atoms with Crippen molar-refractivity contribution in [1.29, 1.82) is 0 Å². The van der Waals surface area contributed by atoms with Crippen molar-refractivity contribution in [3.8, 4) is 28.6 Å². The first-order valence-corrected chi connectivity index (χ1v) is 10.8. The number of hydrogen-bond acceptors (Lipinski definition) is 7. The number of benzene rings is 2. The van der Waals surface area contributed by atoms with Crippen molar-refractivity contribution in [2.24, 2.45) is 0 Å². The predicted molar refractivity (Wildman–Crippen MR) is 120 cm³/mol. The molecule has 1 amide bonds. The Kier molecular flexibility index (Phi) is 8.02. The molecule has 0 atom stereocenters. The van der Waals surface area contributed by atoms with Crippen LogP contribution >= 0.6 is 23.4 Å². The lowest BCUT2D eigenvalue weighted by atomic mass is 10.2. The number of carbonyl (C=O) groups excluding carboxylic acids is 1. The molecule has 1 aromatic heterocycles. The fraction of sp³-hybridized carbons (Fsp3) is 0.286. The number of H-pyrrole nitrogens is 1. The van der Waals surface area contributed by atoms with Crippen molar-refractivity contribution < 1.29 is 19.0 Å². The van der Waals surface area contributed by atoms with E-state index < -0.39 is 0 Å². The molecule has 3 rings (SSSR count). The number of aromatic amines is 1. The number of carbonyl (C=O) groups is 1. The normalized spacial score (nSPS) is 10.6. The third kappa shape index (κ3) is 6.28. The van der Waals surface area contributed by atoms with Crippen LogP contribution in [0.3, 0.4) is 0 Å². The summed E-state index contributed by atoms with van der Waals surface area (Å²) in [6.45, 7) is 0.848. The van der Waals surface area contributed by atoms with Gasteiger partial charge in [-0.2, -0.15) is 0 Å². The molecule has 0 aliphatic carbocycles. The van der Waals surface area contributed by atoms with Crippen LogP contribution in [-0.2, 0) is 4.79 Å². The highest BCUT2D eigenvalue weighted by Crippen LogP contribution is 2.32. The number of hydrogen-bond donors (Lipinski definition) is 1. The molecule has 10 heteroatoms. The Bertz CT molecular complexity index is 1010. The highest BCUT2D eigenvalue weighted by molar-refractivity contribution is 7.99. The molecule has 2 aromatic carbocycles. The van der Waals surface area contributed by atoms with E-state index in [0.29, 0.717) is 46.4 Å². The first kappa shape index (κ1) is 22.8. The summed E-state index contributed by atoms with van der Waals surface area (Å²) < 4.78 is 16.2. The summed E-state index contributed by atoms with van der Waals surface area (Å²) in [4.78, 5) is 18.5. The molecule has 0 saturated heterocycles. The number of halogens is 1. The van der Waals surface area contributed by atoms with E-state index in [1.54, 1.807) is 56.5 Å². The standard InChI is InChI=1S/C21H23ClN4O4S/c1-26(10-11-30-15-6-4-14(22)5-7-15)19(27)13-31-21-23-20(24-25-21)17-9-8-16(28-2)12-18(17)29-3/h4-9,12H,10-11,13H2,1-3H3,(H,23,24,25). The first-order chi connectivity index (χ1) is 15.0. The molecule has 0 fully saturated rings. The predicted octanol–water partition coefficient (Wildman–Crippen LogP) is 3.77. The van der Waals surface area contributed by atoms with Crippen LogP contribution in [0, 0.1) is 0 Å². The lowest BCUT2D eigenvalue weighted by Crippen LogP contribution is -2.32. The van der Waals surface area contributed by atoms with E-state index in [-0.39, 0.29) is 11.7 Å². The molecular weight excluding hydrogens is 440 g/mol. The highest BCUT2D eigenvalue weighted by atomic mass is 35.5. The zero-order valence-corrected chi connectivity index (χ0v) is 19.0. The van der Waals surface area contributed by atoms with E-state index in [9.17, 15) is 4.79 Å². The molecule has 0 unspecified atom stereocenters. The fourth-order valence-electron chi connectivity index (χ4n) is 2.62. The molecule has 3 aromatic rings. The fourth-order valence-corrected chi connectivity index (χ4v) is 3.48. The SMILES string of the molecule is COc1ccc(-c2nc(SCC(=O)N(C)CCOc3ccc(Cl)cc3)n[nH]2)c(OC)c1. The lowest BCUT2D eigenvalue weighted by Gasteiger charge is -2.17. The Morgan fingerprint density at radius 1 is 1.13 bits per heavy atom. The van der Waals surface area contributed by atoms with Gasteiger partial charge >= 0.3 is 0 Å². The zero-order chi connectivity index (χ0) is 22.2. The van der Waals surface area contributed by atoms with Gasteiger partial charge in [0.05, 0.1) is 32.1 Å². The second-order valence-electron chi connectivity index (χ2n) is 6.44. The van der Waals surface area contributed by atoms with Gasteiger partial charge in [0.15, 0.2) is 5.82 Å². The van der Waals surface area contributed by atoms with Gasteiger partial charge in [-0.3, -0.25) is 9.89 Å². The molecule has 31 heavy (non-hydrogen) atoms. The van der Waals surface area contributed by atoms with Crippen molar-refractivity contribution in [3.05, 3.63) is 47.5 Å². The van der Waals surface area contributed by atoms with Gasteiger partial charge in [-0.1, -0.05) is 23.4 Å². The van der Waals surface area contributed by atoms with Gasteiger partial charge in [0.2, 0.25) is 11.1 Å². The van der Waals surface area contributed by atoms with E-state index in [1.807, 2.05) is 12.1 Å². The van der Waals surface area contributed by atoms with Crippen molar-refractivity contribution in [2.45, 2.75) is 5.16 Å². The average Bonchev–Trinajstić information content (AvgIpc) is 3.27. The lowest BCUT2D eigenvalue weighted by molar-refractivity contribution is -0.127. The van der Waals surface area contributed by atoms with Crippen LogP contribution in [-0.4, -0.2) is 66.2 Å². The molecular formula is C21H23ClN4O4S. The number of likely N-dealkylation sites (N-methyl/N-ethyl adjacent to an activating group) is 1. The Morgan fingerprint density at radius 2 is 1.87 bits per heavy atom. The summed E-state index contributed by atoms with van der Waals surface area (Å²) in [5.41, 5.74) is 0.755. The van der Waals surface area contributed by atoms with Gasteiger partial charge in [0.1, 0.15) is 23.9 Å². The van der Waals surface area contributed by atoms with E-state index in [0.717, 1.165) is 5.56 Å². The minimum atomic E-state index is -0.0434. The maximum atomic E-state index is 12.4. The van der Waals surface area contributed by atoms with Gasteiger partial charge in [-0.05, 0) is 36.4 Å².